The van der Waals surface area contributed by atoms with Crippen LogP contribution in [0.4, 0.5) is 0 Å². The molecule has 0 unspecified atom stereocenters. The Bertz CT molecular complexity index is 1150. The van der Waals surface area contributed by atoms with Crippen molar-refractivity contribution in [3.63, 3.8) is 0 Å². The van der Waals surface area contributed by atoms with Crippen LogP contribution in [0.25, 0.3) is 0 Å². The summed E-state index contributed by atoms with van der Waals surface area (Å²) in [5, 5.41) is 0. The van der Waals surface area contributed by atoms with Gasteiger partial charge >= 0.3 is 0 Å². The van der Waals surface area contributed by atoms with E-state index in [4.69, 9.17) is 42.6 Å². The number of fused-ring (bicyclic) bond motifs is 3. The van der Waals surface area contributed by atoms with Crippen LogP contribution in [-0.4, -0.2) is 74.0 Å². The number of ether oxygens (including phenoxy) is 9. The fraction of sp³-hybridized carbons (Fsp3) is 0.562. The first-order valence-corrected chi connectivity index (χ1v) is 14.3. The molecule has 41 heavy (non-hydrogen) atoms. The number of benzene rings is 2. The molecule has 222 valence electrons. The Kier molecular flexibility index (Phi) is 8.61. The molecule has 2 aromatic carbocycles. The lowest BCUT2D eigenvalue weighted by Crippen LogP contribution is -2.56. The summed E-state index contributed by atoms with van der Waals surface area (Å²) in [6.07, 6.45) is 0.507. The average Bonchev–Trinajstić information content (AvgIpc) is 3.46. The molecule has 0 amide bonds. The van der Waals surface area contributed by atoms with Gasteiger partial charge in [0.1, 0.15) is 36.6 Å². The zero-order valence-electron chi connectivity index (χ0n) is 24.0. The fourth-order valence-corrected chi connectivity index (χ4v) is 5.66. The molecule has 0 saturated carbocycles. The monoisotopic (exact) mass is 568 g/mol. The van der Waals surface area contributed by atoms with Gasteiger partial charge in [0.25, 0.3) is 0 Å². The van der Waals surface area contributed by atoms with Crippen molar-refractivity contribution in [3.8, 4) is 0 Å². The summed E-state index contributed by atoms with van der Waals surface area (Å²) in [5.74, 6) is -1.55. The first kappa shape index (κ1) is 28.9. The van der Waals surface area contributed by atoms with Crippen LogP contribution in [0.3, 0.4) is 0 Å². The highest BCUT2D eigenvalue weighted by Gasteiger charge is 2.60. The Morgan fingerprint density at radius 2 is 1.24 bits per heavy atom. The van der Waals surface area contributed by atoms with Gasteiger partial charge in [0.05, 0.1) is 26.4 Å². The van der Waals surface area contributed by atoms with Crippen molar-refractivity contribution in [2.45, 2.75) is 102 Å². The quantitative estimate of drug-likeness (QED) is 0.385. The van der Waals surface area contributed by atoms with Crippen molar-refractivity contribution in [2.75, 3.05) is 13.2 Å². The highest BCUT2D eigenvalue weighted by molar-refractivity contribution is 5.14. The predicted octanol–water partition coefficient (Wildman–Crippen LogP) is 4.48. The van der Waals surface area contributed by atoms with E-state index in [9.17, 15) is 0 Å². The molecule has 0 spiro atoms. The van der Waals surface area contributed by atoms with Crippen LogP contribution in [0.1, 0.15) is 38.8 Å². The van der Waals surface area contributed by atoms with E-state index < -0.39 is 30.3 Å². The smallest absolute Gasteiger partial charge is 0.190 e. The summed E-state index contributed by atoms with van der Waals surface area (Å²) < 4.78 is 55.7. The third-order valence-electron chi connectivity index (χ3n) is 7.49. The highest BCUT2D eigenvalue weighted by Crippen LogP contribution is 2.44. The van der Waals surface area contributed by atoms with Gasteiger partial charge in [-0.1, -0.05) is 66.7 Å². The van der Waals surface area contributed by atoms with Crippen molar-refractivity contribution in [1.82, 2.24) is 0 Å². The van der Waals surface area contributed by atoms with Crippen LogP contribution >= 0.6 is 0 Å². The van der Waals surface area contributed by atoms with Crippen LogP contribution in [0.15, 0.2) is 72.8 Å². The molecule has 3 fully saturated rings. The molecule has 2 aromatic rings. The number of rotatable bonds is 10. The summed E-state index contributed by atoms with van der Waals surface area (Å²) in [6.45, 7) is 9.03. The second-order valence-electron chi connectivity index (χ2n) is 11.7. The molecule has 9 nitrogen and oxygen atoms in total. The van der Waals surface area contributed by atoms with Crippen LogP contribution in [-0.2, 0) is 55.8 Å². The summed E-state index contributed by atoms with van der Waals surface area (Å²) in [5.41, 5.74) is 2.19. The first-order chi connectivity index (χ1) is 19.7. The van der Waals surface area contributed by atoms with Gasteiger partial charge in [-0.15, -0.1) is 0 Å². The topological polar surface area (TPSA) is 83.1 Å². The first-order valence-electron chi connectivity index (χ1n) is 14.3. The van der Waals surface area contributed by atoms with Crippen molar-refractivity contribution >= 4 is 0 Å². The predicted molar refractivity (Wildman–Crippen MR) is 147 cm³/mol. The van der Waals surface area contributed by atoms with E-state index in [0.29, 0.717) is 19.8 Å². The standard InChI is InChI=1S/C32H40O9/c1-31(2)38-27-25(37-30-29(28(27)39-31)40-32(3,4)41-30)20-35-26-16-15-23(34-18-22-13-9-6-10-14-22)24(36-26)19-33-17-21-11-7-5-8-12-21/h5-16,23-30H,17-20H2,1-4H3/t23-,24-,25-,26+,27+,28+,29-,30-/m1/s1. The molecule has 0 radical (unpaired) electrons. The average molecular weight is 569 g/mol. The molecule has 0 aliphatic carbocycles. The van der Waals surface area contributed by atoms with Crippen molar-refractivity contribution in [1.29, 1.82) is 0 Å². The molecule has 6 rings (SSSR count). The molecule has 3 saturated heterocycles. The van der Waals surface area contributed by atoms with E-state index in [1.165, 1.54) is 0 Å². The maximum atomic E-state index is 6.35. The SMILES string of the molecule is CC1(C)O[C@H]2[C@@H](O1)[C@@H](CO[C@@H]1C=C[C@@H](OCc3ccccc3)[C@@H](COCc3ccccc3)O1)O[C@@H]1OC(C)(C)O[C@@H]12. The van der Waals surface area contributed by atoms with Gasteiger partial charge in [0.15, 0.2) is 24.2 Å². The summed E-state index contributed by atoms with van der Waals surface area (Å²) in [4.78, 5) is 0. The minimum absolute atomic E-state index is 0.218. The minimum atomic E-state index is -0.775. The molecular weight excluding hydrogens is 528 g/mol. The van der Waals surface area contributed by atoms with E-state index in [-0.39, 0.29) is 37.1 Å². The summed E-state index contributed by atoms with van der Waals surface area (Å²) in [7, 11) is 0. The van der Waals surface area contributed by atoms with E-state index in [0.717, 1.165) is 11.1 Å². The Balaban J connectivity index is 1.09. The van der Waals surface area contributed by atoms with E-state index >= 15 is 0 Å². The van der Waals surface area contributed by atoms with Crippen LogP contribution in [0.5, 0.6) is 0 Å². The van der Waals surface area contributed by atoms with Gasteiger partial charge in [-0.3, -0.25) is 0 Å². The maximum absolute atomic E-state index is 6.35. The van der Waals surface area contributed by atoms with Crippen molar-refractivity contribution in [3.05, 3.63) is 83.9 Å². The third kappa shape index (κ3) is 7.07. The number of hydrogen-bond donors (Lipinski definition) is 0. The molecule has 0 aromatic heterocycles. The Morgan fingerprint density at radius 1 is 0.610 bits per heavy atom. The maximum Gasteiger partial charge on any atom is 0.190 e. The van der Waals surface area contributed by atoms with Gasteiger partial charge in [-0.05, 0) is 44.9 Å². The second-order valence-corrected chi connectivity index (χ2v) is 11.7. The molecule has 9 heteroatoms. The van der Waals surface area contributed by atoms with Gasteiger partial charge in [-0.2, -0.15) is 0 Å². The number of hydrogen-bond acceptors (Lipinski definition) is 9. The van der Waals surface area contributed by atoms with Gasteiger partial charge < -0.3 is 42.6 Å². The second kappa shape index (κ2) is 12.2. The minimum Gasteiger partial charge on any atom is -0.374 e. The molecule has 8 atom stereocenters. The third-order valence-corrected chi connectivity index (χ3v) is 7.49. The summed E-state index contributed by atoms with van der Waals surface area (Å²) >= 11 is 0. The van der Waals surface area contributed by atoms with Gasteiger partial charge in [-0.25, -0.2) is 0 Å². The molecule has 4 heterocycles. The van der Waals surface area contributed by atoms with Crippen LogP contribution in [0.2, 0.25) is 0 Å². The largest absolute Gasteiger partial charge is 0.374 e. The lowest BCUT2D eigenvalue weighted by Gasteiger charge is -2.38. The van der Waals surface area contributed by atoms with Crippen molar-refractivity contribution in [2.24, 2.45) is 0 Å². The molecule has 4 aliphatic rings. The zero-order valence-corrected chi connectivity index (χ0v) is 24.0. The van der Waals surface area contributed by atoms with Crippen LogP contribution < -0.4 is 0 Å². The van der Waals surface area contributed by atoms with E-state index in [1.807, 2.05) is 101 Å². The normalized spacial score (nSPS) is 35.2. The highest BCUT2D eigenvalue weighted by atomic mass is 16.9. The Morgan fingerprint density at radius 3 is 1.98 bits per heavy atom. The van der Waals surface area contributed by atoms with Crippen LogP contribution in [0, 0.1) is 0 Å². The molecular formula is C32H40O9. The fourth-order valence-electron chi connectivity index (χ4n) is 5.66. The van der Waals surface area contributed by atoms with Gasteiger partial charge in [0.2, 0.25) is 0 Å². The molecule has 0 bridgehead atoms. The van der Waals surface area contributed by atoms with E-state index in [1.54, 1.807) is 0 Å². The Labute approximate surface area is 241 Å². The lowest BCUT2D eigenvalue weighted by atomic mass is 9.99. The molecule has 0 N–H and O–H groups in total. The van der Waals surface area contributed by atoms with Gasteiger partial charge in [0, 0.05) is 0 Å². The molecule has 4 aliphatic heterocycles. The van der Waals surface area contributed by atoms with Crippen molar-refractivity contribution < 1.29 is 42.6 Å². The Hall–Kier alpha value is -2.18. The lowest BCUT2D eigenvalue weighted by molar-refractivity contribution is -0.260. The summed E-state index contributed by atoms with van der Waals surface area (Å²) in [6, 6.07) is 20.1. The zero-order chi connectivity index (χ0) is 28.5. The van der Waals surface area contributed by atoms with E-state index in [2.05, 4.69) is 0 Å².